The van der Waals surface area contributed by atoms with E-state index in [1.54, 1.807) is 48.7 Å². The summed E-state index contributed by atoms with van der Waals surface area (Å²) in [4.78, 5) is 35.4. The molecule has 3 aromatic rings. The van der Waals surface area contributed by atoms with Crippen LogP contribution in [0, 0.1) is 0 Å². The fraction of sp³-hybridized carbons (Fsp3) is 0.259. The van der Waals surface area contributed by atoms with E-state index in [2.05, 4.69) is 27.2 Å². The summed E-state index contributed by atoms with van der Waals surface area (Å²) >= 11 is 1.40. The smallest absolute Gasteiger partial charge is 0.471 e. The van der Waals surface area contributed by atoms with Crippen molar-refractivity contribution < 1.29 is 32.2 Å². The topological polar surface area (TPSA) is 109 Å². The quantitative estimate of drug-likeness (QED) is 0.261. The van der Waals surface area contributed by atoms with E-state index in [-0.39, 0.29) is 38.0 Å². The van der Waals surface area contributed by atoms with Gasteiger partial charge in [0.25, 0.3) is 0 Å². The van der Waals surface area contributed by atoms with E-state index < -0.39 is 12.1 Å². The van der Waals surface area contributed by atoms with E-state index in [0.29, 0.717) is 33.6 Å². The molecule has 1 fully saturated rings. The molecule has 1 saturated heterocycles. The fourth-order valence-corrected chi connectivity index (χ4v) is 4.44. The molecule has 0 bridgehead atoms. The highest BCUT2D eigenvalue weighted by molar-refractivity contribution is 7.98. The Labute approximate surface area is 238 Å². The lowest BCUT2D eigenvalue weighted by molar-refractivity contribution is -0.185. The van der Waals surface area contributed by atoms with Gasteiger partial charge in [-0.3, -0.25) is 9.59 Å². The van der Waals surface area contributed by atoms with Crippen LogP contribution in [0.4, 0.5) is 36.2 Å². The molecule has 1 aliphatic heterocycles. The molecule has 2 N–H and O–H groups in total. The first-order valence-corrected chi connectivity index (χ1v) is 13.5. The summed E-state index contributed by atoms with van der Waals surface area (Å²) in [5, 5.41) is 5.79. The molecule has 2 aromatic carbocycles. The number of rotatable bonds is 9. The average molecular weight is 589 g/mol. The minimum Gasteiger partial charge on any atom is -0.494 e. The molecule has 0 spiro atoms. The summed E-state index contributed by atoms with van der Waals surface area (Å²) in [5.41, 5.74) is 1.82. The van der Waals surface area contributed by atoms with Crippen molar-refractivity contribution in [3.05, 3.63) is 61.3 Å². The van der Waals surface area contributed by atoms with Gasteiger partial charge in [0, 0.05) is 55.9 Å². The Balaban J connectivity index is 1.48. The van der Waals surface area contributed by atoms with Gasteiger partial charge >= 0.3 is 12.1 Å². The number of carbonyl (C=O) groups excluding carboxylic acids is 2. The maximum Gasteiger partial charge on any atom is 0.471 e. The first kappa shape index (κ1) is 29.5. The van der Waals surface area contributed by atoms with Crippen molar-refractivity contribution in [2.75, 3.05) is 55.1 Å². The van der Waals surface area contributed by atoms with Gasteiger partial charge in [-0.05, 0) is 36.6 Å². The second-order valence-electron chi connectivity index (χ2n) is 8.68. The van der Waals surface area contributed by atoms with Crippen LogP contribution in [0.2, 0.25) is 0 Å². The number of nitrogens with zero attached hydrogens (tertiary/aromatic N) is 4. The molecule has 4 rings (SSSR count). The number of thioether (sulfide) groups is 1. The van der Waals surface area contributed by atoms with Crippen LogP contribution in [0.25, 0.3) is 0 Å². The zero-order valence-corrected chi connectivity index (χ0v) is 23.0. The SMILES string of the molecule is C=CC(=O)Nc1cccc(Oc2nc(Nc3ccc(N4CCN(C(=O)C(F)(F)F)CC4)cc3OC)ncc2SC)c1. The van der Waals surface area contributed by atoms with Gasteiger partial charge in [0.1, 0.15) is 11.5 Å². The monoisotopic (exact) mass is 588 g/mol. The number of nitrogens with one attached hydrogen (secondary N) is 2. The lowest BCUT2D eigenvalue weighted by Gasteiger charge is -2.36. The Bertz CT molecular complexity index is 1430. The molecular formula is C27H27F3N6O4S. The number of amides is 2. The second-order valence-corrected chi connectivity index (χ2v) is 9.53. The van der Waals surface area contributed by atoms with Crippen molar-refractivity contribution in [2.24, 2.45) is 0 Å². The number of hydrogen-bond donors (Lipinski definition) is 2. The summed E-state index contributed by atoms with van der Waals surface area (Å²) < 4.78 is 49.8. The molecule has 1 aliphatic rings. The van der Waals surface area contributed by atoms with Gasteiger partial charge in [-0.15, -0.1) is 11.8 Å². The number of halogens is 3. The van der Waals surface area contributed by atoms with Gasteiger partial charge in [-0.25, -0.2) is 4.98 Å². The standard InChI is InChI=1S/C27H27F3N6O4S/c1-4-23(37)32-17-6-5-7-19(14-17)40-24-22(41-3)16-31-26(34-24)33-20-9-8-18(15-21(20)39-2)35-10-12-36(13-11-35)25(38)27(28,29)30/h4-9,14-16H,1,10-13H2,2-3H3,(H,32,37)(H,31,33,34). The van der Waals surface area contributed by atoms with Crippen LogP contribution in [0.3, 0.4) is 0 Å². The Kier molecular flexibility index (Phi) is 9.22. The zero-order chi connectivity index (χ0) is 29.6. The Morgan fingerprint density at radius 1 is 1.12 bits per heavy atom. The average Bonchev–Trinajstić information content (AvgIpc) is 2.97. The first-order valence-electron chi connectivity index (χ1n) is 12.3. The van der Waals surface area contributed by atoms with Gasteiger partial charge in [-0.2, -0.15) is 18.2 Å². The number of aromatic nitrogens is 2. The van der Waals surface area contributed by atoms with Crippen molar-refractivity contribution in [3.63, 3.8) is 0 Å². The largest absolute Gasteiger partial charge is 0.494 e. The number of anilines is 4. The van der Waals surface area contributed by atoms with Crippen molar-refractivity contribution in [3.8, 4) is 17.4 Å². The number of piperazine rings is 1. The molecule has 216 valence electrons. The molecular weight excluding hydrogens is 561 g/mol. The highest BCUT2D eigenvalue weighted by atomic mass is 32.2. The molecule has 0 unspecified atom stereocenters. The normalized spacial score (nSPS) is 13.4. The van der Waals surface area contributed by atoms with Gasteiger partial charge < -0.3 is 29.9 Å². The summed E-state index contributed by atoms with van der Waals surface area (Å²) in [6, 6.07) is 12.1. The van der Waals surface area contributed by atoms with E-state index >= 15 is 0 Å². The summed E-state index contributed by atoms with van der Waals surface area (Å²) in [5.74, 6) is -0.729. The van der Waals surface area contributed by atoms with E-state index in [9.17, 15) is 22.8 Å². The molecule has 0 atom stereocenters. The lowest BCUT2D eigenvalue weighted by atomic mass is 10.2. The number of carbonyl (C=O) groups is 2. The van der Waals surface area contributed by atoms with E-state index in [1.807, 2.05) is 11.2 Å². The van der Waals surface area contributed by atoms with Gasteiger partial charge in [0.05, 0.1) is 17.7 Å². The van der Waals surface area contributed by atoms with E-state index in [0.717, 1.165) is 10.6 Å². The zero-order valence-electron chi connectivity index (χ0n) is 22.2. The molecule has 2 amide bonds. The predicted molar refractivity (Wildman–Crippen MR) is 150 cm³/mol. The number of methoxy groups -OCH3 is 1. The van der Waals surface area contributed by atoms with E-state index in [4.69, 9.17) is 9.47 Å². The first-order chi connectivity index (χ1) is 19.6. The molecule has 10 nitrogen and oxygen atoms in total. The van der Waals surface area contributed by atoms with Crippen LogP contribution in [-0.4, -0.2) is 72.4 Å². The van der Waals surface area contributed by atoms with Crippen molar-refractivity contribution in [1.82, 2.24) is 14.9 Å². The Hall–Kier alpha value is -4.46. The molecule has 14 heteroatoms. The molecule has 41 heavy (non-hydrogen) atoms. The third-order valence-electron chi connectivity index (χ3n) is 6.05. The minimum absolute atomic E-state index is 0.0391. The summed E-state index contributed by atoms with van der Waals surface area (Å²) in [6.07, 6.45) is -0.239. The summed E-state index contributed by atoms with van der Waals surface area (Å²) in [6.45, 7) is 3.86. The highest BCUT2D eigenvalue weighted by Crippen LogP contribution is 2.35. The molecule has 0 radical (unpaired) electrons. The molecule has 0 aliphatic carbocycles. The minimum atomic E-state index is -4.88. The van der Waals surface area contributed by atoms with Crippen molar-refractivity contribution in [1.29, 1.82) is 0 Å². The summed E-state index contributed by atoms with van der Waals surface area (Å²) in [7, 11) is 1.49. The van der Waals surface area contributed by atoms with Crippen LogP contribution in [0.15, 0.2) is 66.2 Å². The van der Waals surface area contributed by atoms with Crippen LogP contribution in [0.5, 0.6) is 17.4 Å². The Morgan fingerprint density at radius 2 is 1.88 bits per heavy atom. The van der Waals surface area contributed by atoms with Crippen LogP contribution < -0.4 is 25.0 Å². The van der Waals surface area contributed by atoms with Crippen LogP contribution in [-0.2, 0) is 9.59 Å². The number of alkyl halides is 3. The second kappa shape index (κ2) is 12.8. The predicted octanol–water partition coefficient (Wildman–Crippen LogP) is 5.08. The fourth-order valence-electron chi connectivity index (χ4n) is 4.02. The Morgan fingerprint density at radius 3 is 2.54 bits per heavy atom. The number of benzene rings is 2. The van der Waals surface area contributed by atoms with Gasteiger partial charge in [0.15, 0.2) is 0 Å². The van der Waals surface area contributed by atoms with E-state index in [1.165, 1.54) is 24.9 Å². The third-order valence-corrected chi connectivity index (χ3v) is 6.77. The van der Waals surface area contributed by atoms with Gasteiger partial charge in [0.2, 0.25) is 17.7 Å². The number of ether oxygens (including phenoxy) is 2. The molecule has 2 heterocycles. The molecule has 1 aromatic heterocycles. The number of hydrogen-bond acceptors (Lipinski definition) is 9. The maximum atomic E-state index is 12.8. The maximum absolute atomic E-state index is 12.8. The van der Waals surface area contributed by atoms with Crippen molar-refractivity contribution in [2.45, 2.75) is 11.1 Å². The van der Waals surface area contributed by atoms with Crippen molar-refractivity contribution >= 4 is 46.6 Å². The van der Waals surface area contributed by atoms with Crippen LogP contribution in [0.1, 0.15) is 0 Å². The van der Waals surface area contributed by atoms with Gasteiger partial charge in [-0.1, -0.05) is 12.6 Å². The highest BCUT2D eigenvalue weighted by Gasteiger charge is 2.43. The molecule has 0 saturated carbocycles. The lowest BCUT2D eigenvalue weighted by Crippen LogP contribution is -2.52. The van der Waals surface area contributed by atoms with Crippen LogP contribution >= 0.6 is 11.8 Å². The third kappa shape index (κ3) is 7.39.